The normalized spacial score (nSPS) is 12.3. The van der Waals surface area contributed by atoms with Crippen LogP contribution in [0.1, 0.15) is 5.56 Å². The van der Waals surface area contributed by atoms with Gasteiger partial charge in [-0.05, 0) is 17.7 Å². The second-order valence-electron chi connectivity index (χ2n) is 4.46. The van der Waals surface area contributed by atoms with Crippen molar-refractivity contribution >= 4 is 27.6 Å². The molecule has 21 heavy (non-hydrogen) atoms. The van der Waals surface area contributed by atoms with Gasteiger partial charge in [-0.25, -0.2) is 0 Å². The van der Waals surface area contributed by atoms with Gasteiger partial charge in [0.05, 0.1) is 15.5 Å². The van der Waals surface area contributed by atoms with E-state index < -0.39 is 0 Å². The summed E-state index contributed by atoms with van der Waals surface area (Å²) in [6.07, 6.45) is 4.11. The molecule has 0 aliphatic heterocycles. The van der Waals surface area contributed by atoms with E-state index in [0.29, 0.717) is 11.3 Å². The predicted molar refractivity (Wildman–Crippen MR) is 86.6 cm³/mol. The molecule has 5 heteroatoms. The van der Waals surface area contributed by atoms with Crippen molar-refractivity contribution in [1.82, 2.24) is 4.57 Å². The molecule has 0 N–H and O–H groups in total. The second kappa shape index (κ2) is 6.28. The van der Waals surface area contributed by atoms with Gasteiger partial charge in [0.15, 0.2) is 0 Å². The van der Waals surface area contributed by atoms with E-state index in [1.54, 1.807) is 0 Å². The summed E-state index contributed by atoms with van der Waals surface area (Å²) >= 11 is 1.46. The van der Waals surface area contributed by atoms with Crippen LogP contribution in [0.15, 0.2) is 71.1 Å². The molecule has 0 radical (unpaired) electrons. The topological polar surface area (TPSA) is 46.7 Å². The summed E-state index contributed by atoms with van der Waals surface area (Å²) in [5.41, 5.74) is 2.20. The second-order valence-corrected chi connectivity index (χ2v) is 5.47. The van der Waals surface area contributed by atoms with Crippen LogP contribution >= 0.6 is 11.3 Å². The molecule has 3 rings (SSSR count). The lowest BCUT2D eigenvalue weighted by atomic mass is 10.2. The van der Waals surface area contributed by atoms with Crippen molar-refractivity contribution in [2.24, 2.45) is 10.4 Å². The minimum absolute atomic E-state index is 0.615. The number of rotatable bonds is 4. The van der Waals surface area contributed by atoms with E-state index >= 15 is 0 Å². The monoisotopic (exact) mass is 295 g/mol. The van der Waals surface area contributed by atoms with Gasteiger partial charge in [0.1, 0.15) is 0 Å². The Kier molecular flexibility index (Phi) is 4.02. The highest BCUT2D eigenvalue weighted by atomic mass is 32.1. The molecular weight excluding hydrogens is 282 g/mol. The van der Waals surface area contributed by atoms with Gasteiger partial charge < -0.3 is 4.57 Å². The van der Waals surface area contributed by atoms with Crippen molar-refractivity contribution < 1.29 is 0 Å². The Morgan fingerprint density at radius 1 is 1.05 bits per heavy atom. The number of hydrogen-bond donors (Lipinski definition) is 0. The van der Waals surface area contributed by atoms with Crippen LogP contribution in [0.5, 0.6) is 0 Å². The lowest BCUT2D eigenvalue weighted by Crippen LogP contribution is -2.13. The van der Waals surface area contributed by atoms with Gasteiger partial charge in [-0.1, -0.05) is 71.1 Å². The summed E-state index contributed by atoms with van der Waals surface area (Å²) in [5.74, 6) is 0. The van der Waals surface area contributed by atoms with E-state index in [0.717, 1.165) is 15.8 Å². The first-order chi connectivity index (χ1) is 10.4. The summed E-state index contributed by atoms with van der Waals surface area (Å²) in [6, 6.07) is 18.1. The van der Waals surface area contributed by atoms with E-state index in [4.69, 9.17) is 0 Å². The molecule has 0 spiro atoms. The first-order valence-electron chi connectivity index (χ1n) is 6.55. The number of benzene rings is 2. The van der Waals surface area contributed by atoms with Crippen molar-refractivity contribution in [3.8, 4) is 0 Å². The van der Waals surface area contributed by atoms with E-state index in [9.17, 15) is 4.91 Å². The van der Waals surface area contributed by atoms with Crippen LogP contribution in [0.25, 0.3) is 16.3 Å². The molecule has 0 aliphatic carbocycles. The number of fused-ring (bicyclic) bond motifs is 1. The number of para-hydroxylation sites is 1. The Bertz CT molecular complexity index is 847. The molecule has 1 heterocycles. The van der Waals surface area contributed by atoms with Crippen molar-refractivity contribution in [3.05, 3.63) is 75.9 Å². The minimum atomic E-state index is 0.615. The largest absolute Gasteiger partial charge is 0.311 e. The lowest BCUT2D eigenvalue weighted by molar-refractivity contribution is 0.810. The molecule has 0 saturated carbocycles. The standard InChI is InChI=1S/C16H13N3OS/c20-18-17-16-19(14-10-4-5-11-15(14)21-16)12-6-9-13-7-2-1-3-8-13/h1-11H,12H2/b9-6+,17-16-. The van der Waals surface area contributed by atoms with Crippen molar-refractivity contribution in [3.63, 3.8) is 0 Å². The Hall–Kier alpha value is -2.53. The lowest BCUT2D eigenvalue weighted by Gasteiger charge is -2.00. The molecular formula is C16H13N3OS. The van der Waals surface area contributed by atoms with Crippen LogP contribution in [0.4, 0.5) is 0 Å². The zero-order valence-corrected chi connectivity index (χ0v) is 12.0. The van der Waals surface area contributed by atoms with Crippen molar-refractivity contribution in [2.45, 2.75) is 6.54 Å². The number of hydrogen-bond acceptors (Lipinski definition) is 3. The molecule has 2 aromatic carbocycles. The maximum Gasteiger partial charge on any atom is 0.215 e. The fourth-order valence-corrected chi connectivity index (χ4v) is 3.15. The first-order valence-corrected chi connectivity index (χ1v) is 7.36. The van der Waals surface area contributed by atoms with Gasteiger partial charge in [-0.15, -0.1) is 4.91 Å². The van der Waals surface area contributed by atoms with Crippen LogP contribution < -0.4 is 4.80 Å². The molecule has 0 aliphatic rings. The van der Waals surface area contributed by atoms with E-state index in [-0.39, 0.29) is 0 Å². The molecule has 104 valence electrons. The number of thiazole rings is 1. The van der Waals surface area contributed by atoms with Crippen LogP contribution in [-0.4, -0.2) is 4.57 Å². The van der Waals surface area contributed by atoms with Gasteiger partial charge >= 0.3 is 0 Å². The van der Waals surface area contributed by atoms with Crippen LogP contribution in [-0.2, 0) is 6.54 Å². The minimum Gasteiger partial charge on any atom is -0.311 e. The van der Waals surface area contributed by atoms with Gasteiger partial charge in [-0.3, -0.25) is 0 Å². The van der Waals surface area contributed by atoms with E-state index in [1.807, 2.05) is 59.2 Å². The third kappa shape index (κ3) is 2.98. The molecule has 4 nitrogen and oxygen atoms in total. The molecule has 0 fully saturated rings. The fraction of sp³-hybridized carbons (Fsp3) is 0.0625. The number of nitrogens with zero attached hydrogens (tertiary/aromatic N) is 3. The van der Waals surface area contributed by atoms with Gasteiger partial charge in [0, 0.05) is 6.54 Å². The summed E-state index contributed by atoms with van der Waals surface area (Å²) < 4.78 is 3.08. The Morgan fingerprint density at radius 2 is 1.81 bits per heavy atom. The molecule has 0 unspecified atom stereocenters. The molecule has 0 bridgehead atoms. The average molecular weight is 295 g/mol. The van der Waals surface area contributed by atoms with Crippen molar-refractivity contribution in [1.29, 1.82) is 0 Å². The molecule has 0 saturated heterocycles. The highest BCUT2D eigenvalue weighted by Crippen LogP contribution is 2.16. The fourth-order valence-electron chi connectivity index (χ4n) is 2.17. The van der Waals surface area contributed by atoms with Crippen molar-refractivity contribution in [2.75, 3.05) is 0 Å². The Labute approximate surface area is 125 Å². The molecule has 0 atom stereocenters. The highest BCUT2D eigenvalue weighted by molar-refractivity contribution is 7.16. The number of nitroso groups, excluding NO2 is 1. The Morgan fingerprint density at radius 3 is 2.62 bits per heavy atom. The van der Waals surface area contributed by atoms with Crippen LogP contribution in [0.2, 0.25) is 0 Å². The molecule has 1 aromatic heterocycles. The molecule has 3 aromatic rings. The zero-order valence-electron chi connectivity index (χ0n) is 11.2. The summed E-state index contributed by atoms with van der Waals surface area (Å²) in [4.78, 5) is 11.1. The quantitative estimate of drug-likeness (QED) is 0.530. The maximum atomic E-state index is 10.5. The van der Waals surface area contributed by atoms with Gasteiger partial charge in [0.25, 0.3) is 0 Å². The maximum absolute atomic E-state index is 10.5. The predicted octanol–water partition coefficient (Wildman–Crippen LogP) is 4.00. The molecule has 0 amide bonds. The van der Waals surface area contributed by atoms with Crippen LogP contribution in [0, 0.1) is 4.91 Å². The van der Waals surface area contributed by atoms with Crippen LogP contribution in [0.3, 0.4) is 0 Å². The summed E-state index contributed by atoms with van der Waals surface area (Å²) in [6.45, 7) is 0.646. The average Bonchev–Trinajstić information content (AvgIpc) is 2.87. The zero-order chi connectivity index (χ0) is 14.5. The highest BCUT2D eigenvalue weighted by Gasteiger charge is 2.04. The number of aromatic nitrogens is 1. The van der Waals surface area contributed by atoms with Gasteiger partial charge in [0.2, 0.25) is 4.80 Å². The SMILES string of the molecule is O=N/N=c1\sc2ccccc2n1C/C=C/c1ccccc1. The Balaban J connectivity index is 1.96. The smallest absolute Gasteiger partial charge is 0.215 e. The van der Waals surface area contributed by atoms with E-state index in [1.165, 1.54) is 11.3 Å². The number of allylic oxidation sites excluding steroid dienone is 1. The third-order valence-corrected chi connectivity index (χ3v) is 4.16. The third-order valence-electron chi connectivity index (χ3n) is 3.11. The first kappa shape index (κ1) is 13.5. The van der Waals surface area contributed by atoms with E-state index in [2.05, 4.69) is 22.5 Å². The summed E-state index contributed by atoms with van der Waals surface area (Å²) in [5, 5.41) is 6.36. The van der Waals surface area contributed by atoms with Gasteiger partial charge in [-0.2, -0.15) is 0 Å². The summed E-state index contributed by atoms with van der Waals surface area (Å²) in [7, 11) is 0.